The maximum Gasteiger partial charge on any atom is 0.264 e. The molecule has 0 saturated carbocycles. The number of benzene rings is 2. The van der Waals surface area contributed by atoms with E-state index >= 15 is 0 Å². The second-order valence-electron chi connectivity index (χ2n) is 6.55. The molecule has 0 radical (unpaired) electrons. The Kier molecular flexibility index (Phi) is 4.20. The van der Waals surface area contributed by atoms with Crippen LogP contribution in [-0.2, 0) is 14.8 Å². The first-order valence-electron chi connectivity index (χ1n) is 7.87. The number of nitrogens with zero attached hydrogens (tertiary/aromatic N) is 1. The molecule has 0 fully saturated rings. The summed E-state index contributed by atoms with van der Waals surface area (Å²) in [7, 11) is -3.75. The molecule has 1 amide bonds. The Morgan fingerprint density at radius 2 is 1.76 bits per heavy atom. The van der Waals surface area contributed by atoms with Gasteiger partial charge in [0.2, 0.25) is 5.91 Å². The lowest BCUT2D eigenvalue weighted by Crippen LogP contribution is -2.49. The minimum Gasteiger partial charge on any atom is -0.484 e. The van der Waals surface area contributed by atoms with Crippen LogP contribution in [0.2, 0.25) is 0 Å². The summed E-state index contributed by atoms with van der Waals surface area (Å²) in [5.74, 6) is 0.330. The molecule has 2 aromatic carbocycles. The van der Waals surface area contributed by atoms with Crippen LogP contribution >= 0.6 is 0 Å². The fourth-order valence-corrected chi connectivity index (χ4v) is 4.39. The van der Waals surface area contributed by atoms with Crippen LogP contribution in [0.4, 0.5) is 11.4 Å². The van der Waals surface area contributed by atoms with Gasteiger partial charge in [-0.25, -0.2) is 8.42 Å². The average molecular weight is 360 g/mol. The number of sulfonamides is 1. The lowest BCUT2D eigenvalue weighted by molar-refractivity contribution is -0.114. The molecule has 0 unspecified atom stereocenters. The molecule has 0 aliphatic carbocycles. The Labute approximate surface area is 147 Å². The van der Waals surface area contributed by atoms with Crippen LogP contribution in [0.25, 0.3) is 0 Å². The Morgan fingerprint density at radius 1 is 1.12 bits per heavy atom. The maximum atomic E-state index is 13.2. The van der Waals surface area contributed by atoms with Gasteiger partial charge in [-0.05, 0) is 50.2 Å². The van der Waals surface area contributed by atoms with Crippen LogP contribution in [-0.4, -0.2) is 26.5 Å². The molecule has 3 rings (SSSR count). The highest BCUT2D eigenvalue weighted by molar-refractivity contribution is 7.92. The zero-order chi connectivity index (χ0) is 18.2. The van der Waals surface area contributed by atoms with E-state index in [1.54, 1.807) is 30.3 Å². The van der Waals surface area contributed by atoms with Gasteiger partial charge in [-0.3, -0.25) is 9.10 Å². The average Bonchev–Trinajstić information content (AvgIpc) is 2.53. The topological polar surface area (TPSA) is 75.7 Å². The number of hydrogen-bond acceptors (Lipinski definition) is 4. The summed E-state index contributed by atoms with van der Waals surface area (Å²) in [5, 5.41) is 2.62. The zero-order valence-electron chi connectivity index (χ0n) is 14.3. The normalized spacial score (nSPS) is 15.9. The molecular weight excluding hydrogens is 340 g/mol. The number of hydrogen-bond donors (Lipinski definition) is 1. The maximum absolute atomic E-state index is 13.2. The third kappa shape index (κ3) is 3.46. The van der Waals surface area contributed by atoms with Gasteiger partial charge >= 0.3 is 0 Å². The number of amides is 1. The van der Waals surface area contributed by atoms with Crippen molar-refractivity contribution in [3.63, 3.8) is 0 Å². The minimum atomic E-state index is -3.75. The highest BCUT2D eigenvalue weighted by Crippen LogP contribution is 2.39. The van der Waals surface area contributed by atoms with Gasteiger partial charge in [-0.15, -0.1) is 0 Å². The van der Waals surface area contributed by atoms with E-state index in [9.17, 15) is 13.2 Å². The summed E-state index contributed by atoms with van der Waals surface area (Å²) < 4.78 is 33.6. The van der Waals surface area contributed by atoms with Crippen molar-refractivity contribution < 1.29 is 17.9 Å². The van der Waals surface area contributed by atoms with E-state index in [1.165, 1.54) is 23.4 Å². The number of fused-ring (bicyclic) bond motifs is 1. The van der Waals surface area contributed by atoms with Crippen LogP contribution in [0.3, 0.4) is 0 Å². The predicted octanol–water partition coefficient (Wildman–Crippen LogP) is 3.01. The van der Waals surface area contributed by atoms with Gasteiger partial charge in [0.05, 0.1) is 17.1 Å². The first-order chi connectivity index (χ1) is 11.7. The predicted molar refractivity (Wildman–Crippen MR) is 96.4 cm³/mol. The zero-order valence-corrected chi connectivity index (χ0v) is 15.1. The third-order valence-electron chi connectivity index (χ3n) is 3.81. The summed E-state index contributed by atoms with van der Waals surface area (Å²) >= 11 is 0. The monoisotopic (exact) mass is 360 g/mol. The molecule has 1 aliphatic heterocycles. The van der Waals surface area contributed by atoms with Crippen molar-refractivity contribution >= 4 is 27.3 Å². The Hall–Kier alpha value is -2.54. The van der Waals surface area contributed by atoms with Gasteiger partial charge in [0.15, 0.2) is 0 Å². The molecule has 7 heteroatoms. The fraction of sp³-hybridized carbons (Fsp3) is 0.278. The van der Waals surface area contributed by atoms with Crippen molar-refractivity contribution in [2.75, 3.05) is 16.2 Å². The molecule has 0 saturated heterocycles. The molecule has 132 valence electrons. The van der Waals surface area contributed by atoms with Crippen LogP contribution in [0.5, 0.6) is 5.75 Å². The van der Waals surface area contributed by atoms with Crippen molar-refractivity contribution in [1.29, 1.82) is 0 Å². The summed E-state index contributed by atoms with van der Waals surface area (Å²) in [6.07, 6.45) is 0. The Balaban J connectivity index is 2.01. The Morgan fingerprint density at radius 3 is 2.40 bits per heavy atom. The number of rotatable bonds is 3. The number of ether oxygens (including phenoxy) is 1. The van der Waals surface area contributed by atoms with Gasteiger partial charge < -0.3 is 10.1 Å². The fourth-order valence-electron chi connectivity index (χ4n) is 2.77. The van der Waals surface area contributed by atoms with E-state index in [0.29, 0.717) is 17.1 Å². The van der Waals surface area contributed by atoms with E-state index < -0.39 is 15.6 Å². The quantitative estimate of drug-likeness (QED) is 0.913. The van der Waals surface area contributed by atoms with Crippen LogP contribution in [0.1, 0.15) is 20.8 Å². The smallest absolute Gasteiger partial charge is 0.264 e. The van der Waals surface area contributed by atoms with Gasteiger partial charge in [0, 0.05) is 12.6 Å². The second-order valence-corrected chi connectivity index (χ2v) is 8.41. The molecule has 6 nitrogen and oxygen atoms in total. The largest absolute Gasteiger partial charge is 0.484 e. The summed E-state index contributed by atoms with van der Waals surface area (Å²) in [4.78, 5) is 11.3. The summed E-state index contributed by atoms with van der Waals surface area (Å²) in [6.45, 7) is 5.31. The summed E-state index contributed by atoms with van der Waals surface area (Å²) in [6, 6.07) is 13.2. The minimum absolute atomic E-state index is 0.161. The van der Waals surface area contributed by atoms with E-state index in [-0.39, 0.29) is 17.3 Å². The van der Waals surface area contributed by atoms with Gasteiger partial charge in [0.25, 0.3) is 10.0 Å². The molecule has 1 heterocycles. The van der Waals surface area contributed by atoms with Gasteiger partial charge in [0.1, 0.15) is 11.4 Å². The highest BCUT2D eigenvalue weighted by Gasteiger charge is 2.38. The molecule has 1 aliphatic rings. The highest BCUT2D eigenvalue weighted by atomic mass is 32.2. The number of carbonyl (C=O) groups excluding carboxylic acids is 1. The molecule has 0 aromatic heterocycles. The van der Waals surface area contributed by atoms with E-state index in [2.05, 4.69) is 5.32 Å². The molecule has 0 atom stereocenters. The molecule has 25 heavy (non-hydrogen) atoms. The lowest BCUT2D eigenvalue weighted by atomic mass is 10.1. The number of nitrogens with one attached hydrogen (secondary N) is 1. The van der Waals surface area contributed by atoms with Crippen molar-refractivity contribution in [1.82, 2.24) is 0 Å². The van der Waals surface area contributed by atoms with Crippen molar-refractivity contribution in [2.24, 2.45) is 0 Å². The van der Waals surface area contributed by atoms with Crippen molar-refractivity contribution in [2.45, 2.75) is 31.3 Å². The lowest BCUT2D eigenvalue weighted by Gasteiger charge is -2.39. The number of carbonyl (C=O) groups is 1. The SMILES string of the molecule is CC(=O)Nc1ccc(S(=O)(=O)N2CC(C)(C)Oc3ccccc32)cc1. The molecular formula is C18H20N2O4S. The van der Waals surface area contributed by atoms with Gasteiger partial charge in [-0.2, -0.15) is 0 Å². The van der Waals surface area contributed by atoms with Crippen molar-refractivity contribution in [3.05, 3.63) is 48.5 Å². The Bertz CT molecular complexity index is 905. The van der Waals surface area contributed by atoms with Crippen LogP contribution < -0.4 is 14.4 Å². The first kappa shape index (κ1) is 17.3. The first-order valence-corrected chi connectivity index (χ1v) is 9.31. The number of anilines is 2. The third-order valence-corrected chi connectivity index (χ3v) is 5.58. The van der Waals surface area contributed by atoms with E-state index in [1.807, 2.05) is 19.9 Å². The standard InChI is InChI=1S/C18H20N2O4S/c1-13(21)19-14-8-10-15(11-9-14)25(22,23)20-12-18(2,3)24-17-7-5-4-6-16(17)20/h4-11H,12H2,1-3H3,(H,19,21). The van der Waals surface area contributed by atoms with Crippen LogP contribution in [0.15, 0.2) is 53.4 Å². The van der Waals surface area contributed by atoms with E-state index in [4.69, 9.17) is 4.74 Å². The molecule has 0 bridgehead atoms. The van der Waals surface area contributed by atoms with E-state index in [0.717, 1.165) is 0 Å². The summed E-state index contributed by atoms with van der Waals surface area (Å²) in [5.41, 5.74) is 0.430. The molecule has 0 spiro atoms. The van der Waals surface area contributed by atoms with Crippen molar-refractivity contribution in [3.8, 4) is 5.75 Å². The van der Waals surface area contributed by atoms with Crippen LogP contribution in [0, 0.1) is 0 Å². The number of para-hydroxylation sites is 2. The second kappa shape index (κ2) is 6.07. The van der Waals surface area contributed by atoms with Gasteiger partial charge in [-0.1, -0.05) is 12.1 Å². The molecule has 2 aromatic rings. The molecule has 1 N–H and O–H groups in total.